The number of anilines is 1. The van der Waals surface area contributed by atoms with Crippen LogP contribution in [-0.4, -0.2) is 30.1 Å². The smallest absolute Gasteiger partial charge is 0.275 e. The Morgan fingerprint density at radius 3 is 2.28 bits per heavy atom. The summed E-state index contributed by atoms with van der Waals surface area (Å²) in [4.78, 5) is 34.6. The van der Waals surface area contributed by atoms with Gasteiger partial charge < -0.3 is 0 Å². The lowest BCUT2D eigenvalue weighted by molar-refractivity contribution is -0.385. The minimum atomic E-state index is -4.12. The van der Waals surface area contributed by atoms with E-state index in [1.807, 2.05) is 0 Å². The van der Waals surface area contributed by atoms with E-state index in [9.17, 15) is 28.1 Å². The monoisotopic (exact) mass is 437 g/mol. The van der Waals surface area contributed by atoms with Crippen molar-refractivity contribution in [1.82, 2.24) is 4.90 Å². The number of nitro benzene ring substituents is 1. The van der Waals surface area contributed by atoms with E-state index in [-0.39, 0.29) is 52.4 Å². The predicted octanol–water partition coefficient (Wildman–Crippen LogP) is 3.01. The first kappa shape index (κ1) is 20.7. The summed E-state index contributed by atoms with van der Waals surface area (Å²) in [6, 6.07) is 8.21. The molecule has 1 aliphatic heterocycles. The summed E-state index contributed by atoms with van der Waals surface area (Å²) in [5, 5.41) is 11.1. The van der Waals surface area contributed by atoms with Gasteiger partial charge in [0.2, 0.25) is 11.8 Å². The Hall–Kier alpha value is -2.98. The molecule has 0 aromatic heterocycles. The van der Waals surface area contributed by atoms with Crippen LogP contribution in [0, 0.1) is 17.0 Å². The van der Waals surface area contributed by atoms with Crippen LogP contribution in [0.15, 0.2) is 41.3 Å². The minimum absolute atomic E-state index is 0.0325. The van der Waals surface area contributed by atoms with Gasteiger partial charge in [-0.05, 0) is 30.7 Å². The van der Waals surface area contributed by atoms with Crippen molar-refractivity contribution in [3.8, 4) is 0 Å². The average molecular weight is 438 g/mol. The van der Waals surface area contributed by atoms with E-state index in [1.165, 1.54) is 19.1 Å². The molecule has 1 heterocycles. The van der Waals surface area contributed by atoms with Gasteiger partial charge in [0.1, 0.15) is 0 Å². The molecule has 2 amide bonds. The molecule has 0 bridgehead atoms. The fourth-order valence-corrected chi connectivity index (χ4v) is 4.24. The lowest BCUT2D eigenvalue weighted by atomic mass is 10.2. The number of benzene rings is 2. The third kappa shape index (κ3) is 4.38. The number of hydrogen-bond acceptors (Lipinski definition) is 6. The number of carbonyl (C=O) groups excluding carboxylic acids is 2. The molecule has 0 aliphatic carbocycles. The molecular weight excluding hydrogens is 422 g/mol. The second kappa shape index (κ2) is 7.80. The molecule has 0 saturated carbocycles. The summed E-state index contributed by atoms with van der Waals surface area (Å²) in [5.41, 5.74) is 0.650. The van der Waals surface area contributed by atoms with Crippen LogP contribution < -0.4 is 4.72 Å². The highest BCUT2D eigenvalue weighted by atomic mass is 35.5. The fraction of sp³-hybridized carbons (Fsp3) is 0.222. The first-order chi connectivity index (χ1) is 13.6. The number of amides is 2. The van der Waals surface area contributed by atoms with Crippen LogP contribution in [0.1, 0.15) is 24.0 Å². The molecule has 2 aromatic rings. The number of nitrogens with one attached hydrogen (secondary N) is 1. The molecule has 29 heavy (non-hydrogen) atoms. The number of rotatable bonds is 6. The molecule has 0 atom stereocenters. The summed E-state index contributed by atoms with van der Waals surface area (Å²) in [5.74, 6) is -0.477. The molecule has 0 radical (unpaired) electrons. The molecule has 11 heteroatoms. The summed E-state index contributed by atoms with van der Waals surface area (Å²) < 4.78 is 27.5. The van der Waals surface area contributed by atoms with Crippen LogP contribution >= 0.6 is 11.6 Å². The van der Waals surface area contributed by atoms with Crippen LogP contribution in [0.4, 0.5) is 11.4 Å². The fourth-order valence-electron chi connectivity index (χ4n) is 2.86. The number of nitro groups is 1. The van der Waals surface area contributed by atoms with Crippen LogP contribution in [-0.2, 0) is 26.2 Å². The maximum absolute atomic E-state index is 12.6. The summed E-state index contributed by atoms with van der Waals surface area (Å²) >= 11 is 5.94. The lowest BCUT2D eigenvalue weighted by Crippen LogP contribution is -2.28. The van der Waals surface area contributed by atoms with Crippen molar-refractivity contribution in [1.29, 1.82) is 0 Å². The number of hydrogen-bond donors (Lipinski definition) is 1. The highest BCUT2D eigenvalue weighted by molar-refractivity contribution is 7.92. The topological polar surface area (TPSA) is 127 Å². The van der Waals surface area contributed by atoms with Crippen molar-refractivity contribution in [3.05, 3.63) is 62.7 Å². The van der Waals surface area contributed by atoms with Crippen LogP contribution in [0.5, 0.6) is 0 Å². The molecule has 1 N–H and O–H groups in total. The Labute approximate surface area is 171 Å². The van der Waals surface area contributed by atoms with E-state index in [0.29, 0.717) is 5.56 Å². The second-order valence-corrected chi connectivity index (χ2v) is 8.57. The Bertz CT molecular complexity index is 1100. The van der Waals surface area contributed by atoms with Crippen molar-refractivity contribution >= 4 is 44.8 Å². The zero-order valence-electron chi connectivity index (χ0n) is 15.2. The molecule has 3 rings (SSSR count). The van der Waals surface area contributed by atoms with Crippen LogP contribution in [0.3, 0.4) is 0 Å². The number of carbonyl (C=O) groups is 2. The third-order valence-corrected chi connectivity index (χ3v) is 6.25. The van der Waals surface area contributed by atoms with Crippen LogP contribution in [0.25, 0.3) is 0 Å². The van der Waals surface area contributed by atoms with E-state index in [1.54, 1.807) is 12.1 Å². The van der Waals surface area contributed by atoms with Crippen molar-refractivity contribution in [2.24, 2.45) is 0 Å². The van der Waals surface area contributed by atoms with E-state index in [0.717, 1.165) is 17.0 Å². The van der Waals surface area contributed by atoms with E-state index < -0.39 is 20.6 Å². The number of halogens is 1. The van der Waals surface area contributed by atoms with Crippen molar-refractivity contribution in [2.45, 2.75) is 31.2 Å². The number of sulfonamides is 1. The average Bonchev–Trinajstić information content (AvgIpc) is 2.96. The minimum Gasteiger partial charge on any atom is -0.280 e. The van der Waals surface area contributed by atoms with Crippen molar-refractivity contribution in [2.75, 3.05) is 4.72 Å². The van der Waals surface area contributed by atoms with Gasteiger partial charge in [0.15, 0.2) is 0 Å². The highest BCUT2D eigenvalue weighted by Gasteiger charge is 2.28. The van der Waals surface area contributed by atoms with Gasteiger partial charge in [-0.1, -0.05) is 23.7 Å². The van der Waals surface area contributed by atoms with Gasteiger partial charge in [0, 0.05) is 30.2 Å². The summed E-state index contributed by atoms with van der Waals surface area (Å²) in [7, 11) is -4.12. The quantitative estimate of drug-likeness (QED) is 0.420. The summed E-state index contributed by atoms with van der Waals surface area (Å²) in [6.07, 6.45) is 0.393. The molecule has 0 unspecified atom stereocenters. The van der Waals surface area contributed by atoms with Gasteiger partial charge in [-0.2, -0.15) is 0 Å². The molecule has 1 fully saturated rings. The summed E-state index contributed by atoms with van der Waals surface area (Å²) in [6.45, 7) is 1.54. The van der Waals surface area contributed by atoms with Gasteiger partial charge in [0.25, 0.3) is 15.7 Å². The number of likely N-dealkylation sites (tertiary alicyclic amines) is 1. The molecule has 1 saturated heterocycles. The van der Waals surface area contributed by atoms with Gasteiger partial charge in [-0.15, -0.1) is 0 Å². The zero-order chi connectivity index (χ0) is 21.3. The molecular formula is C18H16ClN3O6S. The molecule has 0 spiro atoms. The van der Waals surface area contributed by atoms with E-state index in [2.05, 4.69) is 4.72 Å². The maximum Gasteiger partial charge on any atom is 0.275 e. The van der Waals surface area contributed by atoms with Crippen molar-refractivity contribution in [3.63, 3.8) is 0 Å². The zero-order valence-corrected chi connectivity index (χ0v) is 16.8. The Kier molecular flexibility index (Phi) is 5.58. The molecule has 1 aliphatic rings. The van der Waals surface area contributed by atoms with Gasteiger partial charge in [-0.3, -0.25) is 29.3 Å². The molecule has 9 nitrogen and oxygen atoms in total. The molecule has 2 aromatic carbocycles. The first-order valence-electron chi connectivity index (χ1n) is 8.48. The maximum atomic E-state index is 12.6. The largest absolute Gasteiger partial charge is 0.280 e. The van der Waals surface area contributed by atoms with Gasteiger partial charge in [-0.25, -0.2) is 8.42 Å². The van der Waals surface area contributed by atoms with Crippen molar-refractivity contribution < 1.29 is 22.9 Å². The standard InChI is InChI=1S/C18H16ClN3O6S/c1-11-15(19)8-14(9-16(11)22(25)26)29(27,28)20-13-4-2-12(3-5-13)10-21-17(23)6-7-18(21)24/h2-5,8-9,20H,6-7,10H2,1H3. The lowest BCUT2D eigenvalue weighted by Gasteiger charge is -2.14. The van der Waals surface area contributed by atoms with E-state index >= 15 is 0 Å². The van der Waals surface area contributed by atoms with E-state index in [4.69, 9.17) is 11.6 Å². The SMILES string of the molecule is Cc1c(Cl)cc(S(=O)(=O)Nc2ccc(CN3C(=O)CCC3=O)cc2)cc1[N+](=O)[O-]. The Morgan fingerprint density at radius 1 is 1.14 bits per heavy atom. The normalized spacial score (nSPS) is 14.3. The third-order valence-electron chi connectivity index (χ3n) is 4.50. The number of imide groups is 1. The molecule has 152 valence electrons. The predicted molar refractivity (Wildman–Crippen MR) is 105 cm³/mol. The van der Waals surface area contributed by atoms with Gasteiger partial charge in [0.05, 0.1) is 21.4 Å². The first-order valence-corrected chi connectivity index (χ1v) is 10.3. The van der Waals surface area contributed by atoms with Crippen LogP contribution in [0.2, 0.25) is 5.02 Å². The second-order valence-electron chi connectivity index (χ2n) is 6.48. The van der Waals surface area contributed by atoms with Gasteiger partial charge >= 0.3 is 0 Å². The Balaban J connectivity index is 1.80. The highest BCUT2D eigenvalue weighted by Crippen LogP contribution is 2.30. The number of nitrogens with zero attached hydrogens (tertiary/aromatic N) is 2. The Morgan fingerprint density at radius 2 is 1.72 bits per heavy atom.